The fourth-order valence-corrected chi connectivity index (χ4v) is 3.74. The van der Waals surface area contributed by atoms with Crippen LogP contribution in [-0.4, -0.2) is 71.6 Å². The van der Waals surface area contributed by atoms with Crippen molar-refractivity contribution < 1.29 is 14.0 Å². The molecule has 0 saturated carbocycles. The van der Waals surface area contributed by atoms with Crippen molar-refractivity contribution in [3.8, 4) is 0 Å². The van der Waals surface area contributed by atoms with Gasteiger partial charge in [0.05, 0.1) is 0 Å². The lowest BCUT2D eigenvalue weighted by atomic mass is 10.1. The molecule has 2 N–H and O–H groups in total. The summed E-state index contributed by atoms with van der Waals surface area (Å²) in [6.07, 6.45) is 0. The van der Waals surface area contributed by atoms with Gasteiger partial charge in [-0.1, -0.05) is 29.8 Å². The quantitative estimate of drug-likeness (QED) is 0.663. The molecule has 0 atom stereocenters. The summed E-state index contributed by atoms with van der Waals surface area (Å²) in [7, 11) is 0. The topological polar surface area (TPSA) is 67.9 Å². The normalized spacial score (nSPS) is 14.6. The van der Waals surface area contributed by atoms with Crippen LogP contribution in [0.1, 0.15) is 31.9 Å². The predicted molar refractivity (Wildman–Crippen MR) is 133 cm³/mol. The van der Waals surface area contributed by atoms with Crippen molar-refractivity contribution in [1.82, 2.24) is 20.0 Å². The molecular formula is C26H36FN5O2. The van der Waals surface area contributed by atoms with Gasteiger partial charge in [0.25, 0.3) is 0 Å². The van der Waals surface area contributed by atoms with Crippen molar-refractivity contribution in [3.05, 3.63) is 65.5 Å². The van der Waals surface area contributed by atoms with Gasteiger partial charge in [-0.05, 0) is 57.5 Å². The Labute approximate surface area is 201 Å². The summed E-state index contributed by atoms with van der Waals surface area (Å²) in [6, 6.07) is 13.8. The maximum atomic E-state index is 13.3. The van der Waals surface area contributed by atoms with E-state index in [2.05, 4.69) is 15.5 Å². The molecule has 7 nitrogen and oxygen atoms in total. The summed E-state index contributed by atoms with van der Waals surface area (Å²) in [5, 5.41) is 5.97. The zero-order valence-electron chi connectivity index (χ0n) is 20.6. The van der Waals surface area contributed by atoms with Gasteiger partial charge >= 0.3 is 12.1 Å². The average Bonchev–Trinajstić information content (AvgIpc) is 2.78. The molecule has 4 amide bonds. The second-order valence-electron chi connectivity index (χ2n) is 9.85. The first-order valence-corrected chi connectivity index (χ1v) is 11.8. The summed E-state index contributed by atoms with van der Waals surface area (Å²) >= 11 is 0. The van der Waals surface area contributed by atoms with Crippen molar-refractivity contribution >= 4 is 17.7 Å². The molecule has 8 heteroatoms. The molecule has 1 fully saturated rings. The van der Waals surface area contributed by atoms with E-state index in [1.165, 1.54) is 12.1 Å². The standard InChI is InChI=1S/C26H36FN5O2/c1-20-5-11-23(12-6-20)28-24(33)31-16-13-30(14-17-31)15-18-32(25(34)29-26(2,3)4)19-21-7-9-22(27)10-8-21/h5-12H,13-19H2,1-4H3,(H,28,33)(H,29,34). The molecule has 1 saturated heterocycles. The smallest absolute Gasteiger partial charge is 0.321 e. The number of amides is 4. The number of carbonyl (C=O) groups is 2. The van der Waals surface area contributed by atoms with Crippen molar-refractivity contribution in [3.63, 3.8) is 0 Å². The van der Waals surface area contributed by atoms with E-state index >= 15 is 0 Å². The molecule has 1 heterocycles. The van der Waals surface area contributed by atoms with Crippen LogP contribution >= 0.6 is 0 Å². The Morgan fingerprint density at radius 2 is 1.59 bits per heavy atom. The maximum absolute atomic E-state index is 13.3. The highest BCUT2D eigenvalue weighted by Gasteiger charge is 2.24. The van der Waals surface area contributed by atoms with Gasteiger partial charge in [0.1, 0.15) is 5.82 Å². The number of hydrogen-bond acceptors (Lipinski definition) is 3. The summed E-state index contributed by atoms with van der Waals surface area (Å²) < 4.78 is 13.3. The van der Waals surface area contributed by atoms with Gasteiger partial charge < -0.3 is 20.4 Å². The predicted octanol–water partition coefficient (Wildman–Crippen LogP) is 4.29. The number of hydrogen-bond donors (Lipinski definition) is 2. The van der Waals surface area contributed by atoms with Gasteiger partial charge in [0, 0.05) is 57.0 Å². The van der Waals surface area contributed by atoms with Crippen LogP contribution in [0.2, 0.25) is 0 Å². The second-order valence-corrected chi connectivity index (χ2v) is 9.85. The van der Waals surface area contributed by atoms with Gasteiger partial charge in [-0.25, -0.2) is 14.0 Å². The summed E-state index contributed by atoms with van der Waals surface area (Å²) in [6.45, 7) is 12.2. The minimum atomic E-state index is -0.353. The van der Waals surface area contributed by atoms with Crippen LogP contribution in [0.5, 0.6) is 0 Å². The Kier molecular flexibility index (Phi) is 8.50. The minimum Gasteiger partial charge on any atom is -0.333 e. The number of nitrogens with zero attached hydrogens (tertiary/aromatic N) is 3. The molecule has 34 heavy (non-hydrogen) atoms. The van der Waals surface area contributed by atoms with Crippen molar-refractivity contribution in [1.29, 1.82) is 0 Å². The molecule has 1 aliphatic heterocycles. The molecule has 0 aliphatic carbocycles. The van der Waals surface area contributed by atoms with Crippen LogP contribution in [-0.2, 0) is 6.54 Å². The number of halogens is 1. The maximum Gasteiger partial charge on any atom is 0.321 e. The molecule has 0 unspecified atom stereocenters. The lowest BCUT2D eigenvalue weighted by Gasteiger charge is -2.36. The van der Waals surface area contributed by atoms with E-state index in [0.29, 0.717) is 32.7 Å². The van der Waals surface area contributed by atoms with Crippen LogP contribution < -0.4 is 10.6 Å². The molecule has 0 radical (unpaired) electrons. The highest BCUT2D eigenvalue weighted by Crippen LogP contribution is 2.12. The molecule has 1 aliphatic rings. The Bertz CT molecular complexity index is 949. The van der Waals surface area contributed by atoms with Gasteiger partial charge in [-0.2, -0.15) is 0 Å². The minimum absolute atomic E-state index is 0.0917. The summed E-state index contributed by atoms with van der Waals surface area (Å²) in [5.41, 5.74) is 2.47. The van der Waals surface area contributed by atoms with Crippen molar-refractivity contribution in [2.75, 3.05) is 44.6 Å². The number of anilines is 1. The third-order valence-electron chi connectivity index (χ3n) is 5.70. The number of urea groups is 2. The lowest BCUT2D eigenvalue weighted by Crippen LogP contribution is -2.53. The fraction of sp³-hybridized carbons (Fsp3) is 0.462. The van der Waals surface area contributed by atoms with E-state index in [-0.39, 0.29) is 23.4 Å². The van der Waals surface area contributed by atoms with E-state index in [9.17, 15) is 14.0 Å². The molecule has 2 aromatic carbocycles. The van der Waals surface area contributed by atoms with E-state index in [1.807, 2.05) is 56.9 Å². The molecule has 184 valence electrons. The number of benzene rings is 2. The first-order valence-electron chi connectivity index (χ1n) is 11.8. The van der Waals surface area contributed by atoms with Gasteiger partial charge in [0.15, 0.2) is 0 Å². The highest BCUT2D eigenvalue weighted by atomic mass is 19.1. The van der Waals surface area contributed by atoms with Crippen LogP contribution in [0.3, 0.4) is 0 Å². The number of aryl methyl sites for hydroxylation is 1. The van der Waals surface area contributed by atoms with E-state index in [0.717, 1.165) is 29.9 Å². The molecular weight excluding hydrogens is 433 g/mol. The first-order chi connectivity index (χ1) is 16.1. The monoisotopic (exact) mass is 469 g/mol. The zero-order chi connectivity index (χ0) is 24.7. The largest absolute Gasteiger partial charge is 0.333 e. The zero-order valence-corrected chi connectivity index (χ0v) is 20.6. The number of rotatable bonds is 6. The number of nitrogens with one attached hydrogen (secondary N) is 2. The van der Waals surface area contributed by atoms with Crippen molar-refractivity contribution in [2.24, 2.45) is 0 Å². The van der Waals surface area contributed by atoms with Crippen LogP contribution in [0.4, 0.5) is 19.7 Å². The van der Waals surface area contributed by atoms with E-state index < -0.39 is 0 Å². The summed E-state index contributed by atoms with van der Waals surface area (Å²) in [4.78, 5) is 31.3. The van der Waals surface area contributed by atoms with Crippen LogP contribution in [0.25, 0.3) is 0 Å². The number of carbonyl (C=O) groups excluding carboxylic acids is 2. The Balaban J connectivity index is 1.51. The van der Waals surface area contributed by atoms with Gasteiger partial charge in [0.2, 0.25) is 0 Å². The molecule has 0 aromatic heterocycles. The lowest BCUT2D eigenvalue weighted by molar-refractivity contribution is 0.132. The highest BCUT2D eigenvalue weighted by molar-refractivity contribution is 5.89. The second kappa shape index (κ2) is 11.3. The molecule has 0 bridgehead atoms. The Hall–Kier alpha value is -3.13. The third-order valence-corrected chi connectivity index (χ3v) is 5.70. The molecule has 0 spiro atoms. The molecule has 2 aromatic rings. The van der Waals surface area contributed by atoms with Gasteiger partial charge in [-0.15, -0.1) is 0 Å². The SMILES string of the molecule is Cc1ccc(NC(=O)N2CCN(CCN(Cc3ccc(F)cc3)C(=O)NC(C)(C)C)CC2)cc1. The average molecular weight is 470 g/mol. The number of piperazine rings is 1. The summed E-state index contributed by atoms with van der Waals surface area (Å²) in [5.74, 6) is -0.293. The van der Waals surface area contributed by atoms with Gasteiger partial charge in [-0.3, -0.25) is 4.90 Å². The van der Waals surface area contributed by atoms with Crippen LogP contribution in [0, 0.1) is 12.7 Å². The van der Waals surface area contributed by atoms with Crippen molar-refractivity contribution in [2.45, 2.75) is 39.8 Å². The Morgan fingerprint density at radius 3 is 2.18 bits per heavy atom. The fourth-order valence-electron chi connectivity index (χ4n) is 3.74. The molecule has 3 rings (SSSR count). The van der Waals surface area contributed by atoms with E-state index in [1.54, 1.807) is 17.0 Å². The van der Waals surface area contributed by atoms with E-state index in [4.69, 9.17) is 0 Å². The first kappa shape index (κ1) is 25.5. The third kappa shape index (κ3) is 8.02. The Morgan fingerprint density at radius 1 is 0.971 bits per heavy atom. The van der Waals surface area contributed by atoms with Crippen LogP contribution in [0.15, 0.2) is 48.5 Å².